The number of pyridine rings is 1. The summed E-state index contributed by atoms with van der Waals surface area (Å²) in [5.41, 5.74) is 0.628. The highest BCUT2D eigenvalue weighted by molar-refractivity contribution is 7.89. The lowest BCUT2D eigenvalue weighted by molar-refractivity contribution is 0.347. The summed E-state index contributed by atoms with van der Waals surface area (Å²) >= 11 is 5.90. The van der Waals surface area contributed by atoms with Gasteiger partial charge in [-0.25, -0.2) is 22.3 Å². The van der Waals surface area contributed by atoms with Gasteiger partial charge in [0.25, 0.3) is 0 Å². The van der Waals surface area contributed by atoms with E-state index in [1.165, 1.54) is 25.7 Å². The Morgan fingerprint density at radius 3 is 2.44 bits per heavy atom. The molecule has 0 amide bonds. The van der Waals surface area contributed by atoms with Crippen LogP contribution in [0.2, 0.25) is 5.02 Å². The third-order valence-electron chi connectivity index (χ3n) is 4.75. The largest absolute Gasteiger partial charge is 0.350 e. The monoisotopic (exact) mass is 406 g/mol. The number of fused-ring (bicyclic) bond motifs is 1. The molecule has 1 aromatic carbocycles. The third kappa shape index (κ3) is 3.40. The van der Waals surface area contributed by atoms with E-state index in [1.807, 2.05) is 12.1 Å². The molecule has 142 valence electrons. The Bertz CT molecular complexity index is 1130. The molecule has 4 rings (SSSR count). The van der Waals surface area contributed by atoms with Crippen molar-refractivity contribution in [3.05, 3.63) is 63.7 Å². The molecule has 0 bridgehead atoms. The third-order valence-corrected chi connectivity index (χ3v) is 6.92. The summed E-state index contributed by atoms with van der Waals surface area (Å²) in [4.78, 5) is 12.8. The first-order valence-corrected chi connectivity index (χ1v) is 10.6. The highest BCUT2D eigenvalue weighted by Gasteiger charge is 2.29. The van der Waals surface area contributed by atoms with Crippen LogP contribution >= 0.6 is 11.6 Å². The van der Waals surface area contributed by atoms with Crippen LogP contribution in [0.15, 0.2) is 52.3 Å². The quantitative estimate of drug-likeness (QED) is 0.666. The topological polar surface area (TPSA) is 76.7 Å². The van der Waals surface area contributed by atoms with Crippen LogP contribution in [-0.2, 0) is 16.6 Å². The van der Waals surface area contributed by atoms with Gasteiger partial charge < -0.3 is 0 Å². The number of aromatic nitrogens is 3. The average molecular weight is 407 g/mol. The molecule has 0 aliphatic carbocycles. The number of hydrogen-bond acceptors (Lipinski definition) is 4. The molecule has 9 heteroatoms. The van der Waals surface area contributed by atoms with Crippen LogP contribution in [0, 0.1) is 0 Å². The molecule has 0 radical (unpaired) electrons. The summed E-state index contributed by atoms with van der Waals surface area (Å²) in [6.07, 6.45) is 4.27. The molecule has 2 aromatic heterocycles. The van der Waals surface area contributed by atoms with Crippen LogP contribution in [0.1, 0.15) is 24.8 Å². The van der Waals surface area contributed by atoms with Crippen molar-refractivity contribution in [2.24, 2.45) is 0 Å². The minimum absolute atomic E-state index is 0.0684. The second-order valence-corrected chi connectivity index (χ2v) is 8.94. The number of rotatable bonds is 4. The van der Waals surface area contributed by atoms with E-state index >= 15 is 0 Å². The lowest BCUT2D eigenvalue weighted by Crippen LogP contribution is -2.35. The SMILES string of the molecule is O=c1n(Cc2ccc(Cl)cc2)nc2c(S(=O)(=O)N3CCCCC3)cccn12. The van der Waals surface area contributed by atoms with Gasteiger partial charge in [0.1, 0.15) is 4.90 Å². The molecular formula is C18H19ClN4O3S. The molecule has 0 N–H and O–H groups in total. The predicted octanol–water partition coefficient (Wildman–Crippen LogP) is 2.37. The van der Waals surface area contributed by atoms with Crippen molar-refractivity contribution >= 4 is 27.3 Å². The highest BCUT2D eigenvalue weighted by atomic mass is 35.5. The molecule has 0 spiro atoms. The van der Waals surface area contributed by atoms with Crippen LogP contribution in [0.3, 0.4) is 0 Å². The lowest BCUT2D eigenvalue weighted by Gasteiger charge is -2.25. The maximum absolute atomic E-state index is 13.1. The van der Waals surface area contributed by atoms with Gasteiger partial charge in [0.2, 0.25) is 10.0 Å². The van der Waals surface area contributed by atoms with Gasteiger partial charge in [-0.3, -0.25) is 0 Å². The van der Waals surface area contributed by atoms with E-state index in [-0.39, 0.29) is 22.8 Å². The summed E-state index contributed by atoms with van der Waals surface area (Å²) in [5.74, 6) is 0. The van der Waals surface area contributed by atoms with Gasteiger partial charge in [0, 0.05) is 24.3 Å². The van der Waals surface area contributed by atoms with Gasteiger partial charge in [-0.15, -0.1) is 5.10 Å². The zero-order valence-electron chi connectivity index (χ0n) is 14.6. The Labute approximate surface area is 161 Å². The first kappa shape index (κ1) is 18.2. The maximum Gasteiger partial charge on any atom is 0.350 e. The molecule has 3 heterocycles. The van der Waals surface area contributed by atoms with Crippen LogP contribution in [0.4, 0.5) is 0 Å². The van der Waals surface area contributed by atoms with Crippen LogP contribution in [0.25, 0.3) is 5.65 Å². The second-order valence-electron chi connectivity index (χ2n) is 6.60. The Morgan fingerprint density at radius 2 is 1.74 bits per heavy atom. The molecule has 0 saturated carbocycles. The first-order chi connectivity index (χ1) is 13.0. The number of halogens is 1. The molecule has 1 saturated heterocycles. The summed E-state index contributed by atoms with van der Waals surface area (Å²) < 4.78 is 30.2. The Morgan fingerprint density at radius 1 is 1.04 bits per heavy atom. The zero-order chi connectivity index (χ0) is 19.0. The molecule has 1 aliphatic rings. The van der Waals surface area contributed by atoms with Crippen LogP contribution < -0.4 is 5.69 Å². The van der Waals surface area contributed by atoms with E-state index < -0.39 is 10.0 Å². The zero-order valence-corrected chi connectivity index (χ0v) is 16.2. The normalized spacial score (nSPS) is 16.0. The van der Waals surface area contributed by atoms with Crippen LogP contribution in [-0.4, -0.2) is 40.0 Å². The van der Waals surface area contributed by atoms with E-state index in [1.54, 1.807) is 18.2 Å². The fourth-order valence-corrected chi connectivity index (χ4v) is 5.09. The Hall–Kier alpha value is -2.16. The van der Waals surface area contributed by atoms with E-state index in [2.05, 4.69) is 5.10 Å². The summed E-state index contributed by atoms with van der Waals surface area (Å²) in [6.45, 7) is 1.24. The summed E-state index contributed by atoms with van der Waals surface area (Å²) in [6, 6.07) is 10.2. The Balaban J connectivity index is 1.77. The molecular weight excluding hydrogens is 388 g/mol. The van der Waals surface area contributed by atoms with Crippen molar-refractivity contribution in [3.63, 3.8) is 0 Å². The second kappa shape index (κ2) is 7.10. The molecule has 1 fully saturated rings. The molecule has 0 atom stereocenters. The standard InChI is InChI=1S/C18H19ClN4O3S/c19-15-8-6-14(7-9-15)13-23-18(24)22-12-4-5-16(17(22)20-23)27(25,26)21-10-2-1-3-11-21/h4-9,12H,1-3,10-11,13H2. The number of nitrogens with zero attached hydrogens (tertiary/aromatic N) is 4. The smallest absolute Gasteiger partial charge is 0.249 e. The number of benzene rings is 1. The fraction of sp³-hybridized carbons (Fsp3) is 0.333. The van der Waals surface area contributed by atoms with E-state index in [0.29, 0.717) is 18.1 Å². The van der Waals surface area contributed by atoms with E-state index in [4.69, 9.17) is 11.6 Å². The fourth-order valence-electron chi connectivity index (χ4n) is 3.33. The van der Waals surface area contributed by atoms with Gasteiger partial charge in [-0.1, -0.05) is 30.2 Å². The van der Waals surface area contributed by atoms with Crippen molar-refractivity contribution in [2.45, 2.75) is 30.7 Å². The van der Waals surface area contributed by atoms with Crippen LogP contribution in [0.5, 0.6) is 0 Å². The summed E-state index contributed by atoms with van der Waals surface area (Å²) in [5, 5.41) is 4.93. The van der Waals surface area contributed by atoms with Gasteiger partial charge >= 0.3 is 5.69 Å². The van der Waals surface area contributed by atoms with Gasteiger partial charge in [0.15, 0.2) is 5.65 Å². The number of hydrogen-bond donors (Lipinski definition) is 0. The van der Waals surface area contributed by atoms with Gasteiger partial charge in [-0.05, 0) is 42.7 Å². The van der Waals surface area contributed by atoms with Crippen molar-refractivity contribution in [2.75, 3.05) is 13.1 Å². The van der Waals surface area contributed by atoms with Gasteiger partial charge in [-0.2, -0.15) is 4.31 Å². The van der Waals surface area contributed by atoms with E-state index in [0.717, 1.165) is 24.8 Å². The number of sulfonamides is 1. The molecule has 27 heavy (non-hydrogen) atoms. The van der Waals surface area contributed by atoms with E-state index in [9.17, 15) is 13.2 Å². The average Bonchev–Trinajstić information content (AvgIpc) is 3.00. The molecule has 3 aromatic rings. The first-order valence-electron chi connectivity index (χ1n) is 8.79. The van der Waals surface area contributed by atoms with Gasteiger partial charge in [0.05, 0.1) is 6.54 Å². The molecule has 7 nitrogen and oxygen atoms in total. The van der Waals surface area contributed by atoms with Crippen molar-refractivity contribution in [1.82, 2.24) is 18.5 Å². The minimum atomic E-state index is -3.69. The highest BCUT2D eigenvalue weighted by Crippen LogP contribution is 2.23. The van der Waals surface area contributed by atoms with Crippen molar-refractivity contribution in [3.8, 4) is 0 Å². The maximum atomic E-state index is 13.1. The lowest BCUT2D eigenvalue weighted by atomic mass is 10.2. The minimum Gasteiger partial charge on any atom is -0.249 e. The summed E-state index contributed by atoms with van der Waals surface area (Å²) in [7, 11) is -3.69. The predicted molar refractivity (Wildman–Crippen MR) is 103 cm³/mol. The van der Waals surface area contributed by atoms with Crippen molar-refractivity contribution in [1.29, 1.82) is 0 Å². The Kier molecular flexibility index (Phi) is 4.79. The number of piperidine rings is 1. The van der Waals surface area contributed by atoms with Crippen molar-refractivity contribution < 1.29 is 8.42 Å². The molecule has 1 aliphatic heterocycles. The molecule has 0 unspecified atom stereocenters.